The molecule has 2 N–H and O–H groups in total. The van der Waals surface area contributed by atoms with Gasteiger partial charge in [-0.15, -0.1) is 0 Å². The summed E-state index contributed by atoms with van der Waals surface area (Å²) in [7, 11) is 0. The van der Waals surface area contributed by atoms with E-state index in [1.54, 1.807) is 44.2 Å². The van der Waals surface area contributed by atoms with E-state index in [0.29, 0.717) is 16.5 Å². The molecule has 2 atom stereocenters. The van der Waals surface area contributed by atoms with Crippen LogP contribution < -0.4 is 10.1 Å². The van der Waals surface area contributed by atoms with Gasteiger partial charge in [0, 0.05) is 5.02 Å². The van der Waals surface area contributed by atoms with Gasteiger partial charge in [0.15, 0.2) is 6.10 Å². The van der Waals surface area contributed by atoms with Gasteiger partial charge in [-0.25, -0.2) is 0 Å². The molecule has 6 heteroatoms. The molecule has 0 saturated carbocycles. The van der Waals surface area contributed by atoms with Crippen LogP contribution >= 0.6 is 11.6 Å². The Bertz CT molecular complexity index is 667. The molecule has 124 valence electrons. The third-order valence-corrected chi connectivity index (χ3v) is 3.89. The number of aryl methyl sites for hydroxylation is 1. The predicted molar refractivity (Wildman–Crippen MR) is 87.6 cm³/mol. The maximum absolute atomic E-state index is 12.1. The first-order chi connectivity index (χ1) is 10.8. The number of hydrogen-bond acceptors (Lipinski definition) is 4. The molecular weight excluding hydrogens is 318 g/mol. The summed E-state index contributed by atoms with van der Waals surface area (Å²) in [5, 5.41) is 13.6. The molecule has 0 aliphatic heterocycles. The number of hydrogen-bond donors (Lipinski definition) is 2. The Morgan fingerprint density at radius 3 is 2.83 bits per heavy atom. The zero-order valence-corrected chi connectivity index (χ0v) is 14.1. The molecule has 0 radical (unpaired) electrons. The maximum Gasteiger partial charge on any atom is 0.260 e. The first-order valence-electron chi connectivity index (χ1n) is 7.26. The summed E-state index contributed by atoms with van der Waals surface area (Å²) in [6, 6.07) is 8.53. The van der Waals surface area contributed by atoms with Gasteiger partial charge in [-0.1, -0.05) is 11.6 Å². The van der Waals surface area contributed by atoms with Crippen LogP contribution in [0.4, 0.5) is 0 Å². The number of rotatable bonds is 6. The number of ether oxygens (including phenoxy) is 1. The minimum atomic E-state index is -1.28. The molecule has 2 aromatic rings. The van der Waals surface area contributed by atoms with E-state index in [-0.39, 0.29) is 12.5 Å². The molecule has 0 fully saturated rings. The smallest absolute Gasteiger partial charge is 0.260 e. The number of aliphatic hydroxyl groups is 1. The minimum absolute atomic E-state index is 0.0205. The molecule has 1 amide bonds. The van der Waals surface area contributed by atoms with Gasteiger partial charge in [0.1, 0.15) is 17.1 Å². The summed E-state index contributed by atoms with van der Waals surface area (Å²) >= 11 is 5.96. The molecule has 0 aliphatic carbocycles. The average Bonchev–Trinajstić information content (AvgIpc) is 3.04. The number of amides is 1. The second kappa shape index (κ2) is 7.06. The van der Waals surface area contributed by atoms with E-state index in [4.69, 9.17) is 20.8 Å². The lowest BCUT2D eigenvalue weighted by Crippen LogP contribution is -2.43. The molecule has 1 aromatic heterocycles. The fourth-order valence-corrected chi connectivity index (χ4v) is 2.14. The highest BCUT2D eigenvalue weighted by molar-refractivity contribution is 6.31. The lowest BCUT2D eigenvalue weighted by atomic mass is 10.0. The zero-order chi connectivity index (χ0) is 17.0. The summed E-state index contributed by atoms with van der Waals surface area (Å²) in [5.74, 6) is 0.622. The number of halogens is 1. The van der Waals surface area contributed by atoms with Crippen LogP contribution in [0.2, 0.25) is 5.02 Å². The van der Waals surface area contributed by atoms with E-state index >= 15 is 0 Å². The minimum Gasteiger partial charge on any atom is -0.481 e. The van der Waals surface area contributed by atoms with E-state index in [1.165, 1.54) is 6.26 Å². The van der Waals surface area contributed by atoms with Crippen molar-refractivity contribution in [1.82, 2.24) is 5.32 Å². The van der Waals surface area contributed by atoms with Crippen LogP contribution in [0.25, 0.3) is 0 Å². The molecule has 0 bridgehead atoms. The van der Waals surface area contributed by atoms with Crippen molar-refractivity contribution in [2.75, 3.05) is 6.54 Å². The first-order valence-corrected chi connectivity index (χ1v) is 7.64. The Balaban J connectivity index is 1.91. The molecule has 0 aliphatic rings. The lowest BCUT2D eigenvalue weighted by molar-refractivity contribution is -0.128. The summed E-state index contributed by atoms with van der Waals surface area (Å²) in [5.41, 5.74) is -0.409. The fourth-order valence-electron chi connectivity index (χ4n) is 2.02. The van der Waals surface area contributed by atoms with Gasteiger partial charge in [0.2, 0.25) is 0 Å². The molecule has 2 unspecified atom stereocenters. The van der Waals surface area contributed by atoms with E-state index in [2.05, 4.69) is 5.32 Å². The lowest BCUT2D eigenvalue weighted by Gasteiger charge is -2.22. The van der Waals surface area contributed by atoms with Crippen molar-refractivity contribution in [3.8, 4) is 5.75 Å². The van der Waals surface area contributed by atoms with Crippen molar-refractivity contribution >= 4 is 17.5 Å². The van der Waals surface area contributed by atoms with Gasteiger partial charge in [-0.05, 0) is 56.7 Å². The Kier molecular flexibility index (Phi) is 5.34. The second-order valence-corrected chi connectivity index (χ2v) is 6.05. The molecule has 1 heterocycles. The Hall–Kier alpha value is -1.98. The van der Waals surface area contributed by atoms with Crippen molar-refractivity contribution in [1.29, 1.82) is 0 Å². The molecular formula is C17H20ClNO4. The Morgan fingerprint density at radius 2 is 2.22 bits per heavy atom. The number of furan rings is 1. The number of benzene rings is 1. The van der Waals surface area contributed by atoms with Crippen molar-refractivity contribution < 1.29 is 19.1 Å². The monoisotopic (exact) mass is 337 g/mol. The molecule has 23 heavy (non-hydrogen) atoms. The van der Waals surface area contributed by atoms with Gasteiger partial charge in [0.25, 0.3) is 5.91 Å². The van der Waals surface area contributed by atoms with Gasteiger partial charge in [-0.3, -0.25) is 4.79 Å². The molecule has 2 rings (SSSR count). The van der Waals surface area contributed by atoms with Gasteiger partial charge >= 0.3 is 0 Å². The van der Waals surface area contributed by atoms with E-state index in [9.17, 15) is 9.90 Å². The van der Waals surface area contributed by atoms with Gasteiger partial charge < -0.3 is 19.6 Å². The van der Waals surface area contributed by atoms with Crippen LogP contribution in [-0.2, 0) is 10.4 Å². The average molecular weight is 338 g/mol. The normalized spacial score (nSPS) is 14.8. The van der Waals surface area contributed by atoms with Crippen molar-refractivity contribution in [2.45, 2.75) is 32.5 Å². The molecule has 0 spiro atoms. The fraction of sp³-hybridized carbons (Fsp3) is 0.353. The van der Waals surface area contributed by atoms with Crippen LogP contribution in [0, 0.1) is 6.92 Å². The first kappa shape index (κ1) is 17.4. The van der Waals surface area contributed by atoms with Crippen molar-refractivity contribution in [3.05, 3.63) is 52.9 Å². The number of nitrogens with one attached hydrogen (secondary N) is 1. The number of carbonyl (C=O) groups excluding carboxylic acids is 1. The van der Waals surface area contributed by atoms with Crippen molar-refractivity contribution in [3.63, 3.8) is 0 Å². The summed E-state index contributed by atoms with van der Waals surface area (Å²) < 4.78 is 10.8. The second-order valence-electron chi connectivity index (χ2n) is 5.64. The van der Waals surface area contributed by atoms with E-state index < -0.39 is 11.7 Å². The molecule has 1 aromatic carbocycles. The summed E-state index contributed by atoms with van der Waals surface area (Å²) in [4.78, 5) is 12.1. The van der Waals surface area contributed by atoms with Crippen LogP contribution in [0.3, 0.4) is 0 Å². The third-order valence-electron chi connectivity index (χ3n) is 3.47. The van der Waals surface area contributed by atoms with Gasteiger partial charge in [-0.2, -0.15) is 0 Å². The molecule has 0 saturated heterocycles. The largest absolute Gasteiger partial charge is 0.481 e. The highest BCUT2D eigenvalue weighted by Crippen LogP contribution is 2.22. The van der Waals surface area contributed by atoms with Crippen LogP contribution in [-0.4, -0.2) is 23.7 Å². The Labute approximate surface area is 140 Å². The highest BCUT2D eigenvalue weighted by Gasteiger charge is 2.28. The zero-order valence-electron chi connectivity index (χ0n) is 13.3. The third kappa shape index (κ3) is 4.50. The highest BCUT2D eigenvalue weighted by atomic mass is 35.5. The Morgan fingerprint density at radius 1 is 1.48 bits per heavy atom. The van der Waals surface area contributed by atoms with Gasteiger partial charge in [0.05, 0.1) is 12.8 Å². The van der Waals surface area contributed by atoms with Crippen LogP contribution in [0.5, 0.6) is 5.75 Å². The van der Waals surface area contributed by atoms with E-state index in [1.807, 2.05) is 6.92 Å². The van der Waals surface area contributed by atoms with Crippen LogP contribution in [0.1, 0.15) is 25.2 Å². The van der Waals surface area contributed by atoms with Crippen molar-refractivity contribution in [2.24, 2.45) is 0 Å². The quantitative estimate of drug-likeness (QED) is 0.850. The summed E-state index contributed by atoms with van der Waals surface area (Å²) in [6.45, 7) is 5.09. The standard InChI is InChI=1S/C17H20ClNO4/c1-11-9-13(6-7-14(11)18)23-12(2)16(20)19-10-17(3,21)15-5-4-8-22-15/h4-9,12,21H,10H2,1-3H3,(H,19,20). The summed E-state index contributed by atoms with van der Waals surface area (Å²) in [6.07, 6.45) is 0.767. The van der Waals surface area contributed by atoms with Crippen LogP contribution in [0.15, 0.2) is 41.0 Å². The topological polar surface area (TPSA) is 71.7 Å². The SMILES string of the molecule is Cc1cc(OC(C)C(=O)NCC(C)(O)c2ccco2)ccc1Cl. The number of carbonyl (C=O) groups is 1. The predicted octanol–water partition coefficient (Wildman–Crippen LogP) is 3.03. The van der Waals surface area contributed by atoms with E-state index in [0.717, 1.165) is 5.56 Å². The molecule has 5 nitrogen and oxygen atoms in total. The maximum atomic E-state index is 12.1.